The smallest absolute Gasteiger partial charge is 0.318 e. The molecule has 2 aromatic heterocycles. The Morgan fingerprint density at radius 3 is 2.89 bits per heavy atom. The molecular weight excluding hydrogens is 352 g/mol. The number of nitrogens with two attached hydrogens (primary N) is 1. The summed E-state index contributed by atoms with van der Waals surface area (Å²) in [5.74, 6) is 1.25. The fourth-order valence-corrected chi connectivity index (χ4v) is 4.47. The first-order chi connectivity index (χ1) is 13.7. The molecule has 148 valence electrons. The molecular formula is C21H28N6O. The van der Waals surface area contributed by atoms with E-state index in [4.69, 9.17) is 15.5 Å². The Hall–Kier alpha value is -2.41. The second-order valence-corrected chi connectivity index (χ2v) is 8.28. The molecule has 7 heteroatoms. The molecule has 1 aliphatic carbocycles. The van der Waals surface area contributed by atoms with Gasteiger partial charge in [0.2, 0.25) is 0 Å². The van der Waals surface area contributed by atoms with Crippen LogP contribution < -0.4 is 15.4 Å². The molecule has 4 heterocycles. The quantitative estimate of drug-likeness (QED) is 0.853. The number of rotatable bonds is 5. The Morgan fingerprint density at radius 1 is 1.21 bits per heavy atom. The van der Waals surface area contributed by atoms with Gasteiger partial charge in [0.05, 0.1) is 24.1 Å². The van der Waals surface area contributed by atoms with Crippen molar-refractivity contribution in [3.8, 4) is 6.01 Å². The summed E-state index contributed by atoms with van der Waals surface area (Å²) < 4.78 is 5.95. The number of likely N-dealkylation sites (tertiary alicyclic amines) is 1. The summed E-state index contributed by atoms with van der Waals surface area (Å²) in [4.78, 5) is 18.2. The van der Waals surface area contributed by atoms with Gasteiger partial charge in [0.25, 0.3) is 0 Å². The minimum atomic E-state index is 0.409. The van der Waals surface area contributed by atoms with Crippen molar-refractivity contribution in [3.05, 3.63) is 35.3 Å². The van der Waals surface area contributed by atoms with Crippen molar-refractivity contribution in [2.45, 2.75) is 50.6 Å². The van der Waals surface area contributed by atoms with Gasteiger partial charge in [-0.2, -0.15) is 9.97 Å². The average Bonchev–Trinajstić information content (AvgIpc) is 3.48. The van der Waals surface area contributed by atoms with E-state index in [9.17, 15) is 0 Å². The van der Waals surface area contributed by atoms with E-state index in [2.05, 4.69) is 32.9 Å². The van der Waals surface area contributed by atoms with Gasteiger partial charge in [0.1, 0.15) is 12.4 Å². The SMILES string of the molecule is CN1CCC[C@H]1COc1nc(N)c2c(n1)CN(c1cnccc1C1CC1)CC2. The minimum absolute atomic E-state index is 0.409. The highest BCUT2D eigenvalue weighted by atomic mass is 16.5. The van der Waals surface area contributed by atoms with Crippen LogP contribution in [-0.4, -0.2) is 52.6 Å². The van der Waals surface area contributed by atoms with Gasteiger partial charge in [0, 0.05) is 24.3 Å². The fourth-order valence-electron chi connectivity index (χ4n) is 4.47. The van der Waals surface area contributed by atoms with Gasteiger partial charge in [-0.25, -0.2) is 0 Å². The van der Waals surface area contributed by atoms with E-state index in [1.165, 1.54) is 30.5 Å². The first-order valence-corrected chi connectivity index (χ1v) is 10.4. The summed E-state index contributed by atoms with van der Waals surface area (Å²) in [5.41, 5.74) is 11.0. The number of nitrogen functional groups attached to an aromatic ring is 1. The molecule has 1 saturated carbocycles. The number of hydrogen-bond donors (Lipinski definition) is 1. The maximum Gasteiger partial charge on any atom is 0.318 e. The first kappa shape index (κ1) is 17.7. The average molecular weight is 380 g/mol. The lowest BCUT2D eigenvalue weighted by molar-refractivity contribution is 0.187. The van der Waals surface area contributed by atoms with Crippen LogP contribution in [0.1, 0.15) is 48.4 Å². The van der Waals surface area contributed by atoms with Gasteiger partial charge >= 0.3 is 6.01 Å². The molecule has 1 saturated heterocycles. The number of fused-ring (bicyclic) bond motifs is 1. The van der Waals surface area contributed by atoms with Crippen LogP contribution in [0.15, 0.2) is 18.5 Å². The van der Waals surface area contributed by atoms with E-state index in [-0.39, 0.29) is 0 Å². The summed E-state index contributed by atoms with van der Waals surface area (Å²) in [6.07, 6.45) is 9.70. The van der Waals surface area contributed by atoms with Crippen LogP contribution in [0.3, 0.4) is 0 Å². The molecule has 2 aromatic rings. The summed E-state index contributed by atoms with van der Waals surface area (Å²) in [6, 6.07) is 3.02. The number of likely N-dealkylation sites (N-methyl/N-ethyl adjacent to an activating group) is 1. The molecule has 0 aromatic carbocycles. The van der Waals surface area contributed by atoms with E-state index in [0.717, 1.165) is 43.7 Å². The fraction of sp³-hybridized carbons (Fsp3) is 0.571. The van der Waals surface area contributed by atoms with E-state index in [0.29, 0.717) is 30.4 Å². The molecule has 0 radical (unpaired) electrons. The summed E-state index contributed by atoms with van der Waals surface area (Å²) in [6.45, 7) is 3.39. The number of pyridine rings is 1. The molecule has 28 heavy (non-hydrogen) atoms. The van der Waals surface area contributed by atoms with Crippen molar-refractivity contribution in [2.24, 2.45) is 0 Å². The Labute approximate surface area is 165 Å². The van der Waals surface area contributed by atoms with Crippen LogP contribution in [0.2, 0.25) is 0 Å². The predicted octanol–water partition coefficient (Wildman–Crippen LogP) is 2.37. The minimum Gasteiger partial charge on any atom is -0.462 e. The highest BCUT2D eigenvalue weighted by molar-refractivity contribution is 5.57. The van der Waals surface area contributed by atoms with Gasteiger partial charge < -0.3 is 20.3 Å². The molecule has 0 spiro atoms. The highest BCUT2D eigenvalue weighted by Gasteiger charge is 2.30. The van der Waals surface area contributed by atoms with Gasteiger partial charge in [-0.05, 0) is 63.2 Å². The Morgan fingerprint density at radius 2 is 2.11 bits per heavy atom. The number of hydrogen-bond acceptors (Lipinski definition) is 7. The number of nitrogens with zero attached hydrogens (tertiary/aromatic N) is 5. The molecule has 5 rings (SSSR count). The van der Waals surface area contributed by atoms with Crippen molar-refractivity contribution in [2.75, 3.05) is 37.4 Å². The van der Waals surface area contributed by atoms with Crippen LogP contribution in [0.5, 0.6) is 6.01 Å². The first-order valence-electron chi connectivity index (χ1n) is 10.4. The standard InChI is InChI=1S/C21H28N6O/c1-26-9-2-3-15(26)13-28-21-24-18-12-27(10-7-17(18)20(22)25-21)19-11-23-8-6-16(19)14-4-5-14/h6,8,11,14-15H,2-5,7,9-10,12-13H2,1H3,(H2,22,24,25)/t15-/m0/s1. The van der Waals surface area contributed by atoms with Crippen LogP contribution in [0.25, 0.3) is 0 Å². The number of aromatic nitrogens is 3. The molecule has 2 N–H and O–H groups in total. The highest BCUT2D eigenvalue weighted by Crippen LogP contribution is 2.44. The van der Waals surface area contributed by atoms with Crippen LogP contribution >= 0.6 is 0 Å². The van der Waals surface area contributed by atoms with Crippen LogP contribution in [-0.2, 0) is 13.0 Å². The molecule has 0 unspecified atom stereocenters. The predicted molar refractivity (Wildman–Crippen MR) is 109 cm³/mol. The van der Waals surface area contributed by atoms with Gasteiger partial charge in [-0.3, -0.25) is 4.98 Å². The maximum absolute atomic E-state index is 6.25. The zero-order chi connectivity index (χ0) is 19.1. The summed E-state index contributed by atoms with van der Waals surface area (Å²) >= 11 is 0. The molecule has 3 aliphatic rings. The maximum atomic E-state index is 6.25. The van der Waals surface area contributed by atoms with E-state index < -0.39 is 0 Å². The van der Waals surface area contributed by atoms with Crippen LogP contribution in [0, 0.1) is 0 Å². The molecule has 0 bridgehead atoms. The van der Waals surface area contributed by atoms with Crippen molar-refractivity contribution in [3.63, 3.8) is 0 Å². The van der Waals surface area contributed by atoms with Crippen LogP contribution in [0.4, 0.5) is 11.5 Å². The van der Waals surface area contributed by atoms with Crippen molar-refractivity contribution >= 4 is 11.5 Å². The lowest BCUT2D eigenvalue weighted by Gasteiger charge is -2.31. The Balaban J connectivity index is 1.35. The number of anilines is 2. The molecule has 0 amide bonds. The zero-order valence-electron chi connectivity index (χ0n) is 16.5. The summed E-state index contributed by atoms with van der Waals surface area (Å²) in [7, 11) is 2.15. The van der Waals surface area contributed by atoms with Crippen molar-refractivity contribution < 1.29 is 4.74 Å². The van der Waals surface area contributed by atoms with E-state index >= 15 is 0 Å². The van der Waals surface area contributed by atoms with E-state index in [1.807, 2.05) is 12.4 Å². The monoisotopic (exact) mass is 380 g/mol. The van der Waals surface area contributed by atoms with Crippen molar-refractivity contribution in [1.29, 1.82) is 0 Å². The lowest BCUT2D eigenvalue weighted by atomic mass is 10.0. The van der Waals surface area contributed by atoms with Crippen molar-refractivity contribution in [1.82, 2.24) is 19.9 Å². The molecule has 2 fully saturated rings. The summed E-state index contributed by atoms with van der Waals surface area (Å²) in [5, 5.41) is 0. The third-order valence-electron chi connectivity index (χ3n) is 6.34. The third kappa shape index (κ3) is 3.39. The van der Waals surface area contributed by atoms with E-state index in [1.54, 1.807) is 0 Å². The van der Waals surface area contributed by atoms with Gasteiger partial charge in [-0.15, -0.1) is 0 Å². The largest absolute Gasteiger partial charge is 0.462 e. The molecule has 7 nitrogen and oxygen atoms in total. The molecule has 2 aliphatic heterocycles. The number of ether oxygens (including phenoxy) is 1. The Bertz CT molecular complexity index is 868. The second-order valence-electron chi connectivity index (χ2n) is 8.28. The van der Waals surface area contributed by atoms with Gasteiger partial charge in [-0.1, -0.05) is 0 Å². The lowest BCUT2D eigenvalue weighted by Crippen LogP contribution is -2.33. The zero-order valence-corrected chi connectivity index (χ0v) is 16.5. The normalized spacial score (nSPS) is 22.3. The second kappa shape index (κ2) is 7.20. The van der Waals surface area contributed by atoms with Gasteiger partial charge in [0.15, 0.2) is 0 Å². The Kier molecular flexibility index (Phi) is 4.55. The third-order valence-corrected chi connectivity index (χ3v) is 6.34. The molecule has 1 atom stereocenters. The topological polar surface area (TPSA) is 80.4 Å².